The fourth-order valence-electron chi connectivity index (χ4n) is 1.96. The van der Waals surface area contributed by atoms with Gasteiger partial charge in [0.25, 0.3) is 0 Å². The molecule has 1 aliphatic heterocycles. The first-order valence-electron chi connectivity index (χ1n) is 5.89. The summed E-state index contributed by atoms with van der Waals surface area (Å²) in [4.78, 5) is 23.0. The number of benzene rings is 1. The first-order chi connectivity index (χ1) is 8.56. The highest BCUT2D eigenvalue weighted by molar-refractivity contribution is 9.10. The number of amides is 2. The van der Waals surface area contributed by atoms with E-state index in [1.807, 2.05) is 31.2 Å². The van der Waals surface area contributed by atoms with Crippen LogP contribution in [0.15, 0.2) is 28.7 Å². The molecule has 0 radical (unpaired) electrons. The highest BCUT2D eigenvalue weighted by atomic mass is 79.9. The van der Waals surface area contributed by atoms with E-state index in [0.29, 0.717) is 13.0 Å². The van der Waals surface area contributed by atoms with Gasteiger partial charge in [0, 0.05) is 17.4 Å². The fraction of sp³-hybridized carbons (Fsp3) is 0.385. The Kier molecular flexibility index (Phi) is 4.01. The Bertz CT molecular complexity index is 459. The van der Waals surface area contributed by atoms with Gasteiger partial charge in [-0.1, -0.05) is 28.1 Å². The van der Waals surface area contributed by atoms with Crippen LogP contribution in [0.5, 0.6) is 0 Å². The molecule has 18 heavy (non-hydrogen) atoms. The highest BCUT2D eigenvalue weighted by Crippen LogP contribution is 2.18. The number of halogens is 1. The molecule has 2 atom stereocenters. The van der Waals surface area contributed by atoms with Crippen molar-refractivity contribution in [3.63, 3.8) is 0 Å². The van der Waals surface area contributed by atoms with Crippen LogP contribution in [0.4, 0.5) is 0 Å². The maximum Gasteiger partial charge on any atom is 0.225 e. The smallest absolute Gasteiger partial charge is 0.225 e. The molecule has 1 unspecified atom stereocenters. The van der Waals surface area contributed by atoms with E-state index in [9.17, 15) is 9.59 Å². The number of carbonyl (C=O) groups is 2. The van der Waals surface area contributed by atoms with Crippen molar-refractivity contribution in [1.82, 2.24) is 10.6 Å². The summed E-state index contributed by atoms with van der Waals surface area (Å²) in [5.41, 5.74) is 1.05. The monoisotopic (exact) mass is 310 g/mol. The lowest BCUT2D eigenvalue weighted by molar-refractivity contribution is -0.127. The minimum absolute atomic E-state index is 0.0496. The zero-order valence-electron chi connectivity index (χ0n) is 10.1. The standard InChI is InChI=1S/C13H15BrN2O2/c1-8(9-2-4-11(14)5-3-9)16-13(18)10-6-12(17)15-7-10/h2-5,8,10H,6-7H2,1H3,(H,15,17)(H,16,18)/t8-,10?/m1/s1. The maximum absolute atomic E-state index is 11.9. The van der Waals surface area contributed by atoms with Crippen LogP contribution in [0.25, 0.3) is 0 Å². The first-order valence-corrected chi connectivity index (χ1v) is 6.68. The van der Waals surface area contributed by atoms with E-state index in [-0.39, 0.29) is 23.8 Å². The minimum Gasteiger partial charge on any atom is -0.355 e. The summed E-state index contributed by atoms with van der Waals surface area (Å²) in [5.74, 6) is -0.356. The summed E-state index contributed by atoms with van der Waals surface area (Å²) < 4.78 is 1.01. The second kappa shape index (κ2) is 5.52. The summed E-state index contributed by atoms with van der Waals surface area (Å²) >= 11 is 3.37. The quantitative estimate of drug-likeness (QED) is 0.894. The van der Waals surface area contributed by atoms with E-state index in [1.54, 1.807) is 0 Å². The number of rotatable bonds is 3. The van der Waals surface area contributed by atoms with Gasteiger partial charge in [-0.3, -0.25) is 9.59 Å². The molecule has 1 heterocycles. The van der Waals surface area contributed by atoms with Crippen molar-refractivity contribution in [3.8, 4) is 0 Å². The number of nitrogens with one attached hydrogen (secondary N) is 2. The predicted octanol–water partition coefficient (Wildman–Crippen LogP) is 1.76. The van der Waals surface area contributed by atoms with Gasteiger partial charge in [0.05, 0.1) is 12.0 Å². The second-order valence-corrected chi connectivity index (χ2v) is 5.40. The zero-order valence-corrected chi connectivity index (χ0v) is 11.7. The van der Waals surface area contributed by atoms with Gasteiger partial charge in [-0.2, -0.15) is 0 Å². The third-order valence-electron chi connectivity index (χ3n) is 3.08. The topological polar surface area (TPSA) is 58.2 Å². The average Bonchev–Trinajstić information content (AvgIpc) is 2.76. The molecule has 1 fully saturated rings. The van der Waals surface area contributed by atoms with Crippen molar-refractivity contribution in [1.29, 1.82) is 0 Å². The first kappa shape index (κ1) is 13.1. The molecule has 1 aromatic carbocycles. The van der Waals surface area contributed by atoms with E-state index in [1.165, 1.54) is 0 Å². The molecule has 0 aromatic heterocycles. The number of hydrogen-bond acceptors (Lipinski definition) is 2. The van der Waals surface area contributed by atoms with Crippen LogP contribution in [0.3, 0.4) is 0 Å². The van der Waals surface area contributed by atoms with Gasteiger partial charge in [-0.25, -0.2) is 0 Å². The molecular weight excluding hydrogens is 296 g/mol. The second-order valence-electron chi connectivity index (χ2n) is 4.49. The summed E-state index contributed by atoms with van der Waals surface area (Å²) in [6.07, 6.45) is 0.291. The molecule has 1 aromatic rings. The van der Waals surface area contributed by atoms with Gasteiger partial charge in [-0.15, -0.1) is 0 Å². The van der Waals surface area contributed by atoms with Crippen LogP contribution in [-0.2, 0) is 9.59 Å². The van der Waals surface area contributed by atoms with Crippen LogP contribution >= 0.6 is 15.9 Å². The summed E-state index contributed by atoms with van der Waals surface area (Å²) in [6, 6.07) is 7.76. The van der Waals surface area contributed by atoms with Crippen LogP contribution in [-0.4, -0.2) is 18.4 Å². The average molecular weight is 311 g/mol. The Balaban J connectivity index is 1.94. The summed E-state index contributed by atoms with van der Waals surface area (Å²) in [7, 11) is 0. The molecular formula is C13H15BrN2O2. The van der Waals surface area contributed by atoms with Crippen molar-refractivity contribution in [3.05, 3.63) is 34.3 Å². The lowest BCUT2D eigenvalue weighted by Crippen LogP contribution is -2.33. The Morgan fingerprint density at radius 2 is 2.11 bits per heavy atom. The van der Waals surface area contributed by atoms with Crippen molar-refractivity contribution in [2.45, 2.75) is 19.4 Å². The van der Waals surface area contributed by atoms with Crippen LogP contribution < -0.4 is 10.6 Å². The van der Waals surface area contributed by atoms with Gasteiger partial charge in [0.1, 0.15) is 0 Å². The lowest BCUT2D eigenvalue weighted by Gasteiger charge is -2.16. The molecule has 4 nitrogen and oxygen atoms in total. The molecule has 1 saturated heterocycles. The van der Waals surface area contributed by atoms with Crippen molar-refractivity contribution in [2.75, 3.05) is 6.54 Å². The molecule has 96 valence electrons. The fourth-order valence-corrected chi connectivity index (χ4v) is 2.22. The van der Waals surface area contributed by atoms with E-state index in [0.717, 1.165) is 10.0 Å². The third kappa shape index (κ3) is 3.10. The largest absolute Gasteiger partial charge is 0.355 e. The molecule has 1 aliphatic rings. The SMILES string of the molecule is C[C@@H](NC(=O)C1CNC(=O)C1)c1ccc(Br)cc1. The molecule has 2 N–H and O–H groups in total. The molecule has 5 heteroatoms. The Morgan fingerprint density at radius 3 is 2.67 bits per heavy atom. The van der Waals surface area contributed by atoms with Gasteiger partial charge in [-0.05, 0) is 24.6 Å². The molecule has 2 rings (SSSR count). The van der Waals surface area contributed by atoms with Crippen LogP contribution in [0.1, 0.15) is 24.9 Å². The molecule has 0 bridgehead atoms. The normalized spacial score (nSPS) is 20.3. The Hall–Kier alpha value is -1.36. The van der Waals surface area contributed by atoms with Crippen molar-refractivity contribution in [2.24, 2.45) is 5.92 Å². The summed E-state index contributed by atoms with van der Waals surface area (Å²) in [5, 5.41) is 5.60. The van der Waals surface area contributed by atoms with Gasteiger partial charge in [0.15, 0.2) is 0 Å². The van der Waals surface area contributed by atoms with Crippen LogP contribution in [0, 0.1) is 5.92 Å². The van der Waals surface area contributed by atoms with Gasteiger partial charge < -0.3 is 10.6 Å². The zero-order chi connectivity index (χ0) is 13.1. The minimum atomic E-state index is -0.240. The Morgan fingerprint density at radius 1 is 1.44 bits per heavy atom. The molecule has 0 spiro atoms. The third-order valence-corrected chi connectivity index (χ3v) is 3.61. The van der Waals surface area contributed by atoms with E-state index in [4.69, 9.17) is 0 Å². The molecule has 2 amide bonds. The van der Waals surface area contributed by atoms with E-state index >= 15 is 0 Å². The molecule has 0 saturated carbocycles. The van der Waals surface area contributed by atoms with Gasteiger partial charge in [0.2, 0.25) is 11.8 Å². The van der Waals surface area contributed by atoms with E-state index < -0.39 is 0 Å². The maximum atomic E-state index is 11.9. The van der Waals surface area contributed by atoms with Crippen molar-refractivity contribution < 1.29 is 9.59 Å². The molecule has 0 aliphatic carbocycles. The van der Waals surface area contributed by atoms with E-state index in [2.05, 4.69) is 26.6 Å². The van der Waals surface area contributed by atoms with Crippen LogP contribution in [0.2, 0.25) is 0 Å². The Labute approximate surface area is 114 Å². The summed E-state index contributed by atoms with van der Waals surface area (Å²) in [6.45, 7) is 2.38. The highest BCUT2D eigenvalue weighted by Gasteiger charge is 2.28. The lowest BCUT2D eigenvalue weighted by atomic mass is 10.1. The van der Waals surface area contributed by atoms with Gasteiger partial charge >= 0.3 is 0 Å². The number of hydrogen-bond donors (Lipinski definition) is 2. The predicted molar refractivity (Wildman–Crippen MR) is 71.8 cm³/mol. The van der Waals surface area contributed by atoms with Crippen molar-refractivity contribution >= 4 is 27.7 Å². The number of carbonyl (C=O) groups excluding carboxylic acids is 2.